The van der Waals surface area contributed by atoms with Crippen LogP contribution in [0.4, 0.5) is 4.79 Å². The van der Waals surface area contributed by atoms with Crippen LogP contribution in [0.5, 0.6) is 0 Å². The van der Waals surface area contributed by atoms with Crippen LogP contribution < -0.4 is 11.3 Å². The minimum absolute atomic E-state index is 0.0905. The van der Waals surface area contributed by atoms with Crippen molar-refractivity contribution >= 4 is 18.0 Å². The van der Waals surface area contributed by atoms with E-state index in [2.05, 4.69) is 52.0 Å². The number of nitrogens with two attached hydrogens (primary N) is 1. The van der Waals surface area contributed by atoms with E-state index in [1.165, 1.54) is 11.0 Å². The van der Waals surface area contributed by atoms with Gasteiger partial charge in [-0.2, -0.15) is 5.01 Å². The van der Waals surface area contributed by atoms with Crippen LogP contribution in [0, 0.1) is 17.3 Å². The Kier molecular flexibility index (Phi) is 9.18. The van der Waals surface area contributed by atoms with E-state index in [0.29, 0.717) is 23.3 Å². The smallest absolute Gasteiger partial charge is 0.287 e. The van der Waals surface area contributed by atoms with Crippen LogP contribution in [-0.4, -0.2) is 22.2 Å². The highest BCUT2D eigenvalue weighted by Gasteiger charge is 2.26. The number of carbonyl (C=O) groups is 2. The van der Waals surface area contributed by atoms with Gasteiger partial charge in [-0.3, -0.25) is 10.0 Å². The summed E-state index contributed by atoms with van der Waals surface area (Å²) in [5, 5.41) is 8.97. The fourth-order valence-corrected chi connectivity index (χ4v) is 3.19. The lowest BCUT2D eigenvalue weighted by molar-refractivity contribution is -0.129. The second-order valence-corrected chi connectivity index (χ2v) is 8.21. The van der Waals surface area contributed by atoms with E-state index >= 15 is 0 Å². The van der Waals surface area contributed by atoms with Crippen LogP contribution in [0.15, 0.2) is 36.4 Å². The Morgan fingerprint density at radius 1 is 1.26 bits per heavy atom. The summed E-state index contributed by atoms with van der Waals surface area (Å²) in [7, 11) is 0. The molecule has 1 aromatic carbocycles. The summed E-state index contributed by atoms with van der Waals surface area (Å²) in [4.78, 5) is 23.2. The first-order valence-electron chi connectivity index (χ1n) is 9.39. The number of hydrogen-bond donors (Lipinski definition) is 3. The molecule has 1 atom stereocenters. The van der Waals surface area contributed by atoms with E-state index in [9.17, 15) is 9.59 Å². The molecular weight excluding hydrogens is 342 g/mol. The zero-order valence-electron chi connectivity index (χ0n) is 16.8. The minimum Gasteiger partial charge on any atom is -0.287 e. The molecule has 6 heteroatoms. The Balaban J connectivity index is 2.70. The SMILES string of the molecule is CC(C)C[C@H](C=Cc1ccccc1)CC(C)(C)CCC(=O)N(N)C(=O)NO. The van der Waals surface area contributed by atoms with Crippen molar-refractivity contribution in [2.24, 2.45) is 23.1 Å². The van der Waals surface area contributed by atoms with Gasteiger partial charge in [-0.05, 0) is 42.1 Å². The van der Waals surface area contributed by atoms with E-state index in [0.717, 1.165) is 12.8 Å². The quantitative estimate of drug-likeness (QED) is 0.259. The highest BCUT2D eigenvalue weighted by Crippen LogP contribution is 2.34. The van der Waals surface area contributed by atoms with Crippen molar-refractivity contribution in [3.05, 3.63) is 42.0 Å². The Morgan fingerprint density at radius 2 is 1.89 bits per heavy atom. The third-order valence-electron chi connectivity index (χ3n) is 4.55. The molecule has 1 rings (SSSR count). The van der Waals surface area contributed by atoms with Crippen molar-refractivity contribution in [3.8, 4) is 0 Å². The van der Waals surface area contributed by atoms with Gasteiger partial charge in [0.2, 0.25) is 5.91 Å². The topological polar surface area (TPSA) is 95.7 Å². The Bertz CT molecular complexity index is 627. The summed E-state index contributed by atoms with van der Waals surface area (Å²) in [5.41, 5.74) is 2.44. The van der Waals surface area contributed by atoms with Gasteiger partial charge in [0.05, 0.1) is 0 Å². The second-order valence-electron chi connectivity index (χ2n) is 8.21. The third-order valence-corrected chi connectivity index (χ3v) is 4.55. The molecule has 0 aliphatic carbocycles. The molecule has 150 valence electrons. The van der Waals surface area contributed by atoms with Crippen molar-refractivity contribution in [2.45, 2.75) is 53.4 Å². The molecule has 0 heterocycles. The molecule has 3 amide bonds. The van der Waals surface area contributed by atoms with Gasteiger partial charge < -0.3 is 0 Å². The van der Waals surface area contributed by atoms with Gasteiger partial charge in [0.1, 0.15) is 0 Å². The largest absolute Gasteiger partial charge is 0.362 e. The Morgan fingerprint density at radius 3 is 2.44 bits per heavy atom. The van der Waals surface area contributed by atoms with Gasteiger partial charge in [-0.25, -0.2) is 16.1 Å². The molecule has 6 nitrogen and oxygen atoms in total. The number of hydrogen-bond acceptors (Lipinski definition) is 4. The van der Waals surface area contributed by atoms with E-state index in [1.807, 2.05) is 18.2 Å². The number of urea groups is 1. The predicted molar refractivity (Wildman–Crippen MR) is 107 cm³/mol. The third kappa shape index (κ3) is 8.84. The summed E-state index contributed by atoms with van der Waals surface area (Å²) in [6.45, 7) is 8.66. The van der Waals surface area contributed by atoms with Crippen LogP contribution in [-0.2, 0) is 4.79 Å². The van der Waals surface area contributed by atoms with E-state index in [4.69, 9.17) is 11.0 Å². The number of hydroxylamine groups is 1. The first-order chi connectivity index (χ1) is 12.6. The summed E-state index contributed by atoms with van der Waals surface area (Å²) in [6, 6.07) is 9.17. The van der Waals surface area contributed by atoms with Gasteiger partial charge in [-0.1, -0.05) is 70.2 Å². The standard InChI is InChI=1S/C21H33N3O3/c1-16(2)14-18(11-10-17-8-6-5-7-9-17)15-21(3,4)13-12-19(25)24(22)20(26)23-27/h5-11,16,18,27H,12-15,22H2,1-4H3,(H,23,26)/t18-/m0/s1. The molecule has 0 aliphatic rings. The Labute approximate surface area is 162 Å². The molecule has 0 fully saturated rings. The molecule has 27 heavy (non-hydrogen) atoms. The van der Waals surface area contributed by atoms with Crippen LogP contribution >= 0.6 is 0 Å². The molecule has 1 aromatic rings. The second kappa shape index (κ2) is 10.8. The average molecular weight is 376 g/mol. The van der Waals surface area contributed by atoms with Crippen molar-refractivity contribution < 1.29 is 14.8 Å². The number of amides is 3. The van der Waals surface area contributed by atoms with Crippen molar-refractivity contribution in [2.75, 3.05) is 0 Å². The highest BCUT2D eigenvalue weighted by atomic mass is 16.5. The zero-order valence-corrected chi connectivity index (χ0v) is 16.8. The molecule has 0 aromatic heterocycles. The summed E-state index contributed by atoms with van der Waals surface area (Å²) in [5.74, 6) is 5.83. The number of hydrazine groups is 1. The summed E-state index contributed by atoms with van der Waals surface area (Å²) < 4.78 is 0. The van der Waals surface area contributed by atoms with Gasteiger partial charge in [0.25, 0.3) is 0 Å². The summed E-state index contributed by atoms with van der Waals surface area (Å²) in [6.07, 6.45) is 7.16. The lowest BCUT2D eigenvalue weighted by Crippen LogP contribution is -2.47. The molecule has 0 radical (unpaired) electrons. The zero-order chi connectivity index (χ0) is 20.4. The van der Waals surface area contributed by atoms with Crippen molar-refractivity contribution in [3.63, 3.8) is 0 Å². The molecule has 0 bridgehead atoms. The fraction of sp³-hybridized carbons (Fsp3) is 0.524. The molecule has 0 spiro atoms. The van der Waals surface area contributed by atoms with Gasteiger partial charge in [0, 0.05) is 6.42 Å². The molecule has 0 unspecified atom stereocenters. The van der Waals surface area contributed by atoms with Gasteiger partial charge >= 0.3 is 6.03 Å². The molecule has 4 N–H and O–H groups in total. The number of benzene rings is 1. The number of allylic oxidation sites excluding steroid dienone is 1. The fourth-order valence-electron chi connectivity index (χ4n) is 3.19. The highest BCUT2D eigenvalue weighted by molar-refractivity contribution is 5.93. The monoisotopic (exact) mass is 375 g/mol. The minimum atomic E-state index is -1.03. The Hall–Kier alpha value is -2.18. The van der Waals surface area contributed by atoms with Crippen molar-refractivity contribution in [1.82, 2.24) is 10.5 Å². The molecule has 0 saturated carbocycles. The number of rotatable bonds is 9. The average Bonchev–Trinajstić information content (AvgIpc) is 2.63. The first-order valence-corrected chi connectivity index (χ1v) is 9.39. The van der Waals surface area contributed by atoms with Crippen LogP contribution in [0.1, 0.15) is 58.9 Å². The van der Waals surface area contributed by atoms with Crippen LogP contribution in [0.25, 0.3) is 6.08 Å². The molecule has 0 aliphatic heterocycles. The van der Waals surface area contributed by atoms with Crippen molar-refractivity contribution in [1.29, 1.82) is 0 Å². The number of imide groups is 1. The van der Waals surface area contributed by atoms with E-state index in [1.54, 1.807) is 0 Å². The maximum Gasteiger partial charge on any atom is 0.362 e. The predicted octanol–water partition coefficient (Wildman–Crippen LogP) is 4.36. The normalized spacial score (nSPS) is 13.0. The molecule has 0 saturated heterocycles. The maximum atomic E-state index is 12.0. The first kappa shape index (κ1) is 22.9. The number of nitrogens with one attached hydrogen (secondary N) is 1. The maximum absolute atomic E-state index is 12.0. The number of nitrogens with zero attached hydrogens (tertiary/aromatic N) is 1. The number of carbonyl (C=O) groups excluding carboxylic acids is 2. The van der Waals surface area contributed by atoms with Crippen LogP contribution in [0.2, 0.25) is 0 Å². The molecular formula is C21H33N3O3. The summed E-state index contributed by atoms with van der Waals surface area (Å²) >= 11 is 0. The van der Waals surface area contributed by atoms with Gasteiger partial charge in [0.15, 0.2) is 0 Å². The van der Waals surface area contributed by atoms with Crippen LogP contribution in [0.3, 0.4) is 0 Å². The van der Waals surface area contributed by atoms with Gasteiger partial charge in [-0.15, -0.1) is 0 Å². The van der Waals surface area contributed by atoms with E-state index in [-0.39, 0.29) is 11.8 Å². The lowest BCUT2D eigenvalue weighted by atomic mass is 9.76. The van der Waals surface area contributed by atoms with E-state index < -0.39 is 11.9 Å². The lowest BCUT2D eigenvalue weighted by Gasteiger charge is -2.29.